The van der Waals surface area contributed by atoms with Gasteiger partial charge in [0.1, 0.15) is 6.61 Å². The standard InChI is InChI=1S/C21H28N2O2/c1-21(2)10-5-13-23(16-21)14-18-6-4-7-19(24-3)20(18)25-15-17-8-11-22-12-9-17/h4,6-9,11-12H,5,10,13-16H2,1-3H3. The molecular formula is C21H28N2O2. The highest BCUT2D eigenvalue weighted by Crippen LogP contribution is 2.35. The lowest BCUT2D eigenvalue weighted by atomic mass is 9.84. The minimum absolute atomic E-state index is 0.384. The average molecular weight is 340 g/mol. The Morgan fingerprint density at radius 1 is 1.16 bits per heavy atom. The summed E-state index contributed by atoms with van der Waals surface area (Å²) in [7, 11) is 1.70. The van der Waals surface area contributed by atoms with E-state index in [1.54, 1.807) is 19.5 Å². The summed E-state index contributed by atoms with van der Waals surface area (Å²) in [4.78, 5) is 6.58. The van der Waals surface area contributed by atoms with Crippen LogP contribution < -0.4 is 9.47 Å². The normalized spacial score (nSPS) is 17.2. The first-order chi connectivity index (χ1) is 12.1. The van der Waals surface area contributed by atoms with E-state index in [-0.39, 0.29) is 0 Å². The van der Waals surface area contributed by atoms with E-state index in [1.165, 1.54) is 18.4 Å². The lowest BCUT2D eigenvalue weighted by Gasteiger charge is -2.38. The quantitative estimate of drug-likeness (QED) is 0.786. The van der Waals surface area contributed by atoms with Crippen LogP contribution in [0.25, 0.3) is 0 Å². The molecule has 0 atom stereocenters. The molecule has 1 saturated heterocycles. The first-order valence-electron chi connectivity index (χ1n) is 8.97. The Morgan fingerprint density at radius 2 is 1.96 bits per heavy atom. The minimum Gasteiger partial charge on any atom is -0.493 e. The number of rotatable bonds is 6. The lowest BCUT2D eigenvalue weighted by Crippen LogP contribution is -2.39. The Labute approximate surface area is 150 Å². The van der Waals surface area contributed by atoms with Gasteiger partial charge in [0.25, 0.3) is 0 Å². The smallest absolute Gasteiger partial charge is 0.166 e. The zero-order valence-electron chi connectivity index (χ0n) is 15.5. The van der Waals surface area contributed by atoms with E-state index in [0.717, 1.165) is 36.7 Å². The van der Waals surface area contributed by atoms with Gasteiger partial charge < -0.3 is 9.47 Å². The van der Waals surface area contributed by atoms with Gasteiger partial charge in [-0.05, 0) is 48.6 Å². The first-order valence-corrected chi connectivity index (χ1v) is 8.97. The van der Waals surface area contributed by atoms with E-state index in [1.807, 2.05) is 24.3 Å². The number of hydrogen-bond donors (Lipinski definition) is 0. The number of aromatic nitrogens is 1. The first kappa shape index (κ1) is 17.7. The van der Waals surface area contributed by atoms with Crippen LogP contribution in [0.4, 0.5) is 0 Å². The summed E-state index contributed by atoms with van der Waals surface area (Å²) in [6.45, 7) is 8.38. The van der Waals surface area contributed by atoms with Crippen molar-refractivity contribution < 1.29 is 9.47 Å². The largest absolute Gasteiger partial charge is 0.493 e. The number of methoxy groups -OCH3 is 1. The number of hydrogen-bond acceptors (Lipinski definition) is 4. The molecular weight excluding hydrogens is 312 g/mol. The van der Waals surface area contributed by atoms with Crippen LogP contribution in [0.2, 0.25) is 0 Å². The maximum atomic E-state index is 6.16. The Bertz CT molecular complexity index is 686. The number of benzene rings is 1. The van der Waals surface area contributed by atoms with E-state index in [2.05, 4.69) is 29.8 Å². The molecule has 2 heterocycles. The van der Waals surface area contributed by atoms with Crippen molar-refractivity contribution in [2.45, 2.75) is 39.8 Å². The molecule has 0 radical (unpaired) electrons. The second-order valence-corrected chi connectivity index (χ2v) is 7.57. The maximum absolute atomic E-state index is 6.16. The summed E-state index contributed by atoms with van der Waals surface area (Å²) in [5, 5.41) is 0. The fraction of sp³-hybridized carbons (Fsp3) is 0.476. The highest BCUT2D eigenvalue weighted by Gasteiger charge is 2.27. The summed E-state index contributed by atoms with van der Waals surface area (Å²) < 4.78 is 11.7. The average Bonchev–Trinajstić information content (AvgIpc) is 2.60. The van der Waals surface area contributed by atoms with Crippen molar-refractivity contribution in [3.63, 3.8) is 0 Å². The van der Waals surface area contributed by atoms with Gasteiger partial charge in [0, 0.05) is 31.0 Å². The minimum atomic E-state index is 0.384. The number of nitrogens with zero attached hydrogens (tertiary/aromatic N) is 2. The van der Waals surface area contributed by atoms with Crippen molar-refractivity contribution in [3.05, 3.63) is 53.9 Å². The van der Waals surface area contributed by atoms with Gasteiger partial charge >= 0.3 is 0 Å². The Kier molecular flexibility index (Phi) is 5.59. The van der Waals surface area contributed by atoms with Crippen molar-refractivity contribution in [3.8, 4) is 11.5 Å². The summed E-state index contributed by atoms with van der Waals surface area (Å²) in [5.74, 6) is 1.65. The van der Waals surface area contributed by atoms with Crippen molar-refractivity contribution in [1.29, 1.82) is 0 Å². The molecule has 4 nitrogen and oxygen atoms in total. The third-order valence-corrected chi connectivity index (χ3v) is 4.79. The van der Waals surface area contributed by atoms with Gasteiger partial charge in [-0.1, -0.05) is 26.0 Å². The molecule has 4 heteroatoms. The van der Waals surface area contributed by atoms with Gasteiger partial charge in [0.2, 0.25) is 0 Å². The molecule has 0 saturated carbocycles. The van der Waals surface area contributed by atoms with E-state index in [9.17, 15) is 0 Å². The van der Waals surface area contributed by atoms with Crippen LogP contribution in [-0.4, -0.2) is 30.1 Å². The fourth-order valence-electron chi connectivity index (χ4n) is 3.57. The van der Waals surface area contributed by atoms with Crippen molar-refractivity contribution in [2.75, 3.05) is 20.2 Å². The van der Waals surface area contributed by atoms with Gasteiger partial charge in [-0.2, -0.15) is 0 Å². The predicted molar refractivity (Wildman–Crippen MR) is 99.9 cm³/mol. The topological polar surface area (TPSA) is 34.6 Å². The molecule has 1 aliphatic rings. The number of para-hydroxylation sites is 1. The zero-order chi connectivity index (χ0) is 17.7. The number of ether oxygens (including phenoxy) is 2. The van der Waals surface area contributed by atoms with Gasteiger partial charge in [0.05, 0.1) is 7.11 Å². The third kappa shape index (κ3) is 4.73. The lowest BCUT2D eigenvalue weighted by molar-refractivity contribution is 0.110. The van der Waals surface area contributed by atoms with Crippen LogP contribution >= 0.6 is 0 Å². The summed E-state index contributed by atoms with van der Waals surface area (Å²) in [6, 6.07) is 10.1. The summed E-state index contributed by atoms with van der Waals surface area (Å²) >= 11 is 0. The monoisotopic (exact) mass is 340 g/mol. The SMILES string of the molecule is COc1cccc(CN2CCCC(C)(C)C2)c1OCc1ccncc1. The highest BCUT2D eigenvalue weighted by atomic mass is 16.5. The van der Waals surface area contributed by atoms with Gasteiger partial charge in [-0.3, -0.25) is 9.88 Å². The molecule has 0 amide bonds. The molecule has 134 valence electrons. The molecule has 0 bridgehead atoms. The summed E-state index contributed by atoms with van der Waals surface area (Å²) in [5.41, 5.74) is 2.67. The number of pyridine rings is 1. The van der Waals surface area contributed by atoms with E-state index < -0.39 is 0 Å². The molecule has 1 fully saturated rings. The second-order valence-electron chi connectivity index (χ2n) is 7.57. The molecule has 0 unspecified atom stereocenters. The van der Waals surface area contributed by atoms with Crippen LogP contribution in [-0.2, 0) is 13.2 Å². The van der Waals surface area contributed by atoms with Gasteiger partial charge in [-0.15, -0.1) is 0 Å². The molecule has 0 spiro atoms. The molecule has 3 rings (SSSR count). The van der Waals surface area contributed by atoms with Crippen molar-refractivity contribution >= 4 is 0 Å². The molecule has 1 aromatic heterocycles. The van der Waals surface area contributed by atoms with Crippen molar-refractivity contribution in [2.24, 2.45) is 5.41 Å². The molecule has 1 aromatic carbocycles. The van der Waals surface area contributed by atoms with E-state index >= 15 is 0 Å². The maximum Gasteiger partial charge on any atom is 0.166 e. The third-order valence-electron chi connectivity index (χ3n) is 4.79. The predicted octanol–water partition coefficient (Wildman–Crippen LogP) is 4.29. The second kappa shape index (κ2) is 7.87. The number of likely N-dealkylation sites (tertiary alicyclic amines) is 1. The van der Waals surface area contributed by atoms with Crippen LogP contribution in [0.15, 0.2) is 42.7 Å². The molecule has 1 aliphatic heterocycles. The van der Waals surface area contributed by atoms with E-state index in [4.69, 9.17) is 9.47 Å². The van der Waals surface area contributed by atoms with Crippen LogP contribution in [0.1, 0.15) is 37.8 Å². The molecule has 0 aliphatic carbocycles. The fourth-order valence-corrected chi connectivity index (χ4v) is 3.57. The summed E-state index contributed by atoms with van der Waals surface area (Å²) in [6.07, 6.45) is 6.13. The van der Waals surface area contributed by atoms with Crippen LogP contribution in [0.3, 0.4) is 0 Å². The van der Waals surface area contributed by atoms with Crippen molar-refractivity contribution in [1.82, 2.24) is 9.88 Å². The Morgan fingerprint density at radius 3 is 2.68 bits per heavy atom. The van der Waals surface area contributed by atoms with Gasteiger partial charge in [0.15, 0.2) is 11.5 Å². The van der Waals surface area contributed by atoms with Gasteiger partial charge in [-0.25, -0.2) is 0 Å². The molecule has 25 heavy (non-hydrogen) atoms. The Balaban J connectivity index is 1.76. The van der Waals surface area contributed by atoms with Crippen LogP contribution in [0.5, 0.6) is 11.5 Å². The Hall–Kier alpha value is -2.07. The van der Waals surface area contributed by atoms with E-state index in [0.29, 0.717) is 12.0 Å². The zero-order valence-corrected chi connectivity index (χ0v) is 15.5. The highest BCUT2D eigenvalue weighted by molar-refractivity contribution is 5.46. The molecule has 0 N–H and O–H groups in total. The molecule has 2 aromatic rings. The number of piperidine rings is 1. The van der Waals surface area contributed by atoms with Crippen LogP contribution in [0, 0.1) is 5.41 Å².